The van der Waals surface area contributed by atoms with E-state index in [-0.39, 0.29) is 6.42 Å². The monoisotopic (exact) mass is 352 g/mol. The van der Waals surface area contributed by atoms with Crippen molar-refractivity contribution in [1.82, 2.24) is 0 Å². The average molecular weight is 352 g/mol. The maximum atomic E-state index is 14.1. The van der Waals surface area contributed by atoms with Crippen LogP contribution < -0.4 is 0 Å². The van der Waals surface area contributed by atoms with E-state index in [0.29, 0.717) is 22.4 Å². The quantitative estimate of drug-likeness (QED) is 0.630. The van der Waals surface area contributed by atoms with E-state index in [0.717, 1.165) is 0 Å². The molecule has 0 aliphatic carbocycles. The van der Waals surface area contributed by atoms with Crippen LogP contribution in [0, 0.1) is 5.82 Å². The van der Waals surface area contributed by atoms with Crippen LogP contribution in [0.2, 0.25) is 0 Å². The third-order valence-corrected chi connectivity index (χ3v) is 4.86. The van der Waals surface area contributed by atoms with Crippen molar-refractivity contribution in [2.75, 3.05) is 5.75 Å². The summed E-state index contributed by atoms with van der Waals surface area (Å²) in [7, 11) is -0.616. The van der Waals surface area contributed by atoms with Crippen LogP contribution in [0.15, 0.2) is 23.7 Å². The van der Waals surface area contributed by atoms with Gasteiger partial charge in [0.25, 0.3) is 0 Å². The SMILES string of the molecule is CC1(C)OB(C(=Cc2cc(CC(=O)O)ccc2F)CS)OC1(C)C. The fraction of sp³-hybridized carbons (Fsp3) is 0.471. The first-order chi connectivity index (χ1) is 11.1. The minimum atomic E-state index is -0.961. The van der Waals surface area contributed by atoms with Crippen LogP contribution in [-0.4, -0.2) is 35.1 Å². The molecular weight excluding hydrogens is 330 g/mol. The van der Waals surface area contributed by atoms with Gasteiger partial charge in [0.1, 0.15) is 5.82 Å². The summed E-state index contributed by atoms with van der Waals surface area (Å²) in [6.45, 7) is 7.77. The second kappa shape index (κ2) is 6.90. The molecule has 1 N–H and O–H groups in total. The van der Waals surface area contributed by atoms with Gasteiger partial charge in [-0.05, 0) is 50.9 Å². The summed E-state index contributed by atoms with van der Waals surface area (Å²) in [4.78, 5) is 10.8. The van der Waals surface area contributed by atoms with Gasteiger partial charge >= 0.3 is 13.1 Å². The lowest BCUT2D eigenvalue weighted by Gasteiger charge is -2.32. The molecule has 2 rings (SSSR count). The average Bonchev–Trinajstić information content (AvgIpc) is 2.67. The predicted molar refractivity (Wildman–Crippen MR) is 95.7 cm³/mol. The molecule has 0 bridgehead atoms. The van der Waals surface area contributed by atoms with Crippen molar-refractivity contribution in [2.45, 2.75) is 45.3 Å². The Balaban J connectivity index is 2.33. The van der Waals surface area contributed by atoms with Gasteiger partial charge in [-0.2, -0.15) is 12.6 Å². The molecule has 0 radical (unpaired) electrons. The van der Waals surface area contributed by atoms with Gasteiger partial charge in [-0.3, -0.25) is 4.79 Å². The van der Waals surface area contributed by atoms with Crippen LogP contribution in [0.25, 0.3) is 6.08 Å². The number of aliphatic carboxylic acids is 1. The summed E-state index contributed by atoms with van der Waals surface area (Å²) in [6, 6.07) is 4.26. The molecule has 0 spiro atoms. The second-order valence-corrected chi connectivity index (χ2v) is 7.21. The topological polar surface area (TPSA) is 55.8 Å². The first kappa shape index (κ1) is 19.0. The van der Waals surface area contributed by atoms with Crippen molar-refractivity contribution in [3.8, 4) is 0 Å². The Kier molecular flexibility index (Phi) is 5.47. The zero-order valence-electron chi connectivity index (χ0n) is 14.3. The molecule has 0 atom stereocenters. The summed E-state index contributed by atoms with van der Waals surface area (Å²) in [6.07, 6.45) is 1.46. The smallest absolute Gasteiger partial charge is 0.481 e. The van der Waals surface area contributed by atoms with E-state index in [1.807, 2.05) is 27.7 Å². The van der Waals surface area contributed by atoms with E-state index in [2.05, 4.69) is 12.6 Å². The highest BCUT2D eigenvalue weighted by atomic mass is 32.1. The Hall–Kier alpha value is -1.31. The highest BCUT2D eigenvalue weighted by Crippen LogP contribution is 2.39. The number of hydrogen-bond acceptors (Lipinski definition) is 4. The first-order valence-corrected chi connectivity index (χ1v) is 8.36. The Morgan fingerprint density at radius 3 is 2.38 bits per heavy atom. The molecule has 0 aromatic heterocycles. The third-order valence-electron chi connectivity index (χ3n) is 4.50. The molecule has 24 heavy (non-hydrogen) atoms. The minimum absolute atomic E-state index is 0.159. The van der Waals surface area contributed by atoms with Crippen molar-refractivity contribution < 1.29 is 23.6 Å². The summed E-state index contributed by atoms with van der Waals surface area (Å²) in [5.41, 5.74) is 0.519. The normalized spacial score (nSPS) is 19.6. The van der Waals surface area contributed by atoms with Crippen LogP contribution in [0.3, 0.4) is 0 Å². The highest BCUT2D eigenvalue weighted by molar-refractivity contribution is 7.80. The molecule has 1 aromatic rings. The largest absolute Gasteiger partial charge is 0.491 e. The number of halogens is 1. The summed E-state index contributed by atoms with van der Waals surface area (Å²) in [5.74, 6) is -1.06. The molecule has 1 aliphatic heterocycles. The molecule has 0 unspecified atom stereocenters. The van der Waals surface area contributed by atoms with Gasteiger partial charge in [-0.25, -0.2) is 4.39 Å². The first-order valence-electron chi connectivity index (χ1n) is 7.73. The Labute approximate surface area is 147 Å². The lowest BCUT2D eigenvalue weighted by atomic mass is 9.78. The van der Waals surface area contributed by atoms with Gasteiger partial charge in [-0.15, -0.1) is 0 Å². The van der Waals surface area contributed by atoms with E-state index in [4.69, 9.17) is 14.4 Å². The molecule has 1 fully saturated rings. The van der Waals surface area contributed by atoms with Crippen molar-refractivity contribution in [3.63, 3.8) is 0 Å². The number of carbonyl (C=O) groups is 1. The van der Waals surface area contributed by atoms with Crippen LogP contribution in [0.1, 0.15) is 38.8 Å². The molecule has 1 aromatic carbocycles. The molecule has 130 valence electrons. The maximum Gasteiger partial charge on any atom is 0.491 e. The van der Waals surface area contributed by atoms with E-state index in [1.165, 1.54) is 18.2 Å². The van der Waals surface area contributed by atoms with Gasteiger partial charge in [0.15, 0.2) is 0 Å². The van der Waals surface area contributed by atoms with E-state index < -0.39 is 30.1 Å². The van der Waals surface area contributed by atoms with E-state index in [1.54, 1.807) is 6.08 Å². The number of rotatable bonds is 5. The van der Waals surface area contributed by atoms with Gasteiger partial charge in [0.05, 0.1) is 17.6 Å². The number of thiol groups is 1. The van der Waals surface area contributed by atoms with Crippen molar-refractivity contribution in [3.05, 3.63) is 40.6 Å². The summed E-state index contributed by atoms with van der Waals surface area (Å²) < 4.78 is 26.0. The number of hydrogen-bond donors (Lipinski definition) is 2. The molecule has 1 heterocycles. The fourth-order valence-electron chi connectivity index (χ4n) is 2.37. The lowest BCUT2D eigenvalue weighted by molar-refractivity contribution is -0.136. The van der Waals surface area contributed by atoms with Gasteiger partial charge in [0, 0.05) is 11.3 Å². The maximum absolute atomic E-state index is 14.1. The van der Waals surface area contributed by atoms with Crippen LogP contribution in [-0.2, 0) is 20.5 Å². The zero-order chi connectivity index (χ0) is 18.1. The Morgan fingerprint density at radius 2 is 1.88 bits per heavy atom. The summed E-state index contributed by atoms with van der Waals surface area (Å²) in [5, 5.41) is 8.88. The molecule has 1 aliphatic rings. The zero-order valence-corrected chi connectivity index (χ0v) is 15.2. The van der Waals surface area contributed by atoms with Crippen molar-refractivity contribution >= 4 is 31.8 Å². The number of carboxylic acid groups (broad SMARTS) is 1. The number of carboxylic acids is 1. The van der Waals surface area contributed by atoms with Gasteiger partial charge in [0.2, 0.25) is 0 Å². The molecule has 1 saturated heterocycles. The molecule has 0 saturated carbocycles. The predicted octanol–water partition coefficient (Wildman–Crippen LogP) is 3.40. The van der Waals surface area contributed by atoms with Gasteiger partial charge in [-0.1, -0.05) is 12.1 Å². The third kappa shape index (κ3) is 4.02. The van der Waals surface area contributed by atoms with E-state index in [9.17, 15) is 9.18 Å². The Bertz CT molecular complexity index is 657. The lowest BCUT2D eigenvalue weighted by Crippen LogP contribution is -2.41. The summed E-state index contributed by atoms with van der Waals surface area (Å²) >= 11 is 4.31. The molecule has 0 amide bonds. The Morgan fingerprint density at radius 1 is 1.29 bits per heavy atom. The molecule has 7 heteroatoms. The highest BCUT2D eigenvalue weighted by Gasteiger charge is 2.52. The molecule has 4 nitrogen and oxygen atoms in total. The fourth-order valence-corrected chi connectivity index (χ4v) is 2.61. The van der Waals surface area contributed by atoms with Crippen molar-refractivity contribution in [1.29, 1.82) is 0 Å². The van der Waals surface area contributed by atoms with Crippen molar-refractivity contribution in [2.24, 2.45) is 0 Å². The standard InChI is InChI=1S/C17H22BFO4S/c1-16(2)17(3,4)23-18(22-16)13(10-24)9-12-7-11(8-15(20)21)5-6-14(12)19/h5-7,9,24H,8,10H2,1-4H3,(H,20,21). The van der Waals surface area contributed by atoms with Gasteiger partial charge < -0.3 is 14.4 Å². The second-order valence-electron chi connectivity index (χ2n) is 6.89. The van der Waals surface area contributed by atoms with Crippen LogP contribution >= 0.6 is 12.6 Å². The minimum Gasteiger partial charge on any atom is -0.481 e. The van der Waals surface area contributed by atoms with Crippen LogP contribution in [0.4, 0.5) is 4.39 Å². The van der Waals surface area contributed by atoms with Crippen LogP contribution in [0.5, 0.6) is 0 Å². The number of benzene rings is 1. The van der Waals surface area contributed by atoms with E-state index >= 15 is 0 Å². The molecular formula is C17H22BFO4S.